The van der Waals surface area contributed by atoms with Gasteiger partial charge in [-0.2, -0.15) is 0 Å². The molecule has 1 heterocycles. The largest absolute Gasteiger partial charge is 0.505 e. The van der Waals surface area contributed by atoms with Crippen LogP contribution in [-0.4, -0.2) is 16.7 Å². The number of ether oxygens (including phenoxy) is 1. The first-order chi connectivity index (χ1) is 9.20. The summed E-state index contributed by atoms with van der Waals surface area (Å²) in [6, 6.07) is 7.91. The van der Waals surface area contributed by atoms with Crippen LogP contribution in [0.15, 0.2) is 36.5 Å². The van der Waals surface area contributed by atoms with Crippen LogP contribution in [0.25, 0.3) is 0 Å². The number of pyridine rings is 1. The van der Waals surface area contributed by atoms with Crippen LogP contribution >= 0.6 is 0 Å². The minimum atomic E-state index is -0.629. The first kappa shape index (κ1) is 13.1. The van der Waals surface area contributed by atoms with Crippen molar-refractivity contribution in [2.45, 2.75) is 13.5 Å². The zero-order valence-electron chi connectivity index (χ0n) is 10.6. The number of hydrogen-bond acceptors (Lipinski definition) is 4. The molecule has 0 fully saturated rings. The highest BCUT2D eigenvalue weighted by Crippen LogP contribution is 2.22. The molecule has 0 unspecified atom stereocenters. The molecule has 0 aliphatic carbocycles. The van der Waals surface area contributed by atoms with E-state index in [-0.39, 0.29) is 5.75 Å². The van der Waals surface area contributed by atoms with Crippen molar-refractivity contribution < 1.29 is 14.2 Å². The number of aromatic hydroxyl groups is 1. The lowest BCUT2D eigenvalue weighted by molar-refractivity contribution is 0.328. The van der Waals surface area contributed by atoms with Gasteiger partial charge in [0.15, 0.2) is 11.6 Å². The maximum absolute atomic E-state index is 13.2. The molecule has 2 aromatic rings. The Morgan fingerprint density at radius 1 is 1.37 bits per heavy atom. The first-order valence-corrected chi connectivity index (χ1v) is 5.99. The molecule has 4 nitrogen and oxygen atoms in total. The number of halogens is 1. The van der Waals surface area contributed by atoms with Crippen molar-refractivity contribution in [3.05, 3.63) is 47.9 Å². The van der Waals surface area contributed by atoms with Gasteiger partial charge in [-0.1, -0.05) is 6.07 Å². The Bertz CT molecular complexity index is 561. The summed E-state index contributed by atoms with van der Waals surface area (Å²) in [6.07, 6.45) is 1.65. The number of nitrogens with one attached hydrogen (secondary N) is 1. The summed E-state index contributed by atoms with van der Waals surface area (Å²) < 4.78 is 18.6. The standard InChI is InChI=1S/C14H15FN2O2/c1-2-19-14-12(4-3-7-16-14)17-9-10-5-6-13(18)11(15)8-10/h3-8,17-18H,2,9H2,1H3. The second-order valence-corrected chi connectivity index (χ2v) is 3.93. The van der Waals surface area contributed by atoms with Crippen LogP contribution in [0, 0.1) is 5.82 Å². The van der Waals surface area contributed by atoms with Crippen LogP contribution in [0.2, 0.25) is 0 Å². The van der Waals surface area contributed by atoms with Crippen LogP contribution in [0.3, 0.4) is 0 Å². The van der Waals surface area contributed by atoms with Gasteiger partial charge in [-0.25, -0.2) is 9.37 Å². The molecule has 0 aliphatic rings. The van der Waals surface area contributed by atoms with Gasteiger partial charge >= 0.3 is 0 Å². The van der Waals surface area contributed by atoms with E-state index in [1.807, 2.05) is 13.0 Å². The predicted octanol–water partition coefficient (Wildman–Crippen LogP) is 2.94. The molecule has 1 aromatic heterocycles. The molecule has 0 spiro atoms. The molecule has 0 atom stereocenters. The minimum absolute atomic E-state index is 0.347. The number of aromatic nitrogens is 1. The highest BCUT2D eigenvalue weighted by atomic mass is 19.1. The van der Waals surface area contributed by atoms with E-state index in [1.165, 1.54) is 12.1 Å². The summed E-state index contributed by atoms with van der Waals surface area (Å²) in [4.78, 5) is 4.11. The van der Waals surface area contributed by atoms with Crippen LogP contribution in [0.4, 0.5) is 10.1 Å². The van der Waals surface area contributed by atoms with Gasteiger partial charge in [0.05, 0.1) is 12.3 Å². The molecule has 1 aromatic carbocycles. The lowest BCUT2D eigenvalue weighted by atomic mass is 10.2. The van der Waals surface area contributed by atoms with E-state index in [0.717, 1.165) is 11.3 Å². The fourth-order valence-electron chi connectivity index (χ4n) is 1.63. The van der Waals surface area contributed by atoms with Crippen molar-refractivity contribution in [2.24, 2.45) is 0 Å². The lowest BCUT2D eigenvalue weighted by Crippen LogP contribution is -2.04. The Kier molecular flexibility index (Phi) is 4.18. The fraction of sp³-hybridized carbons (Fsp3) is 0.214. The molecule has 2 rings (SSSR count). The summed E-state index contributed by atoms with van der Waals surface area (Å²) in [7, 11) is 0. The quantitative estimate of drug-likeness (QED) is 0.870. The summed E-state index contributed by atoms with van der Waals surface area (Å²) in [6.45, 7) is 2.83. The number of phenols is 1. The van der Waals surface area contributed by atoms with E-state index in [4.69, 9.17) is 9.84 Å². The predicted molar refractivity (Wildman–Crippen MR) is 70.8 cm³/mol. The topological polar surface area (TPSA) is 54.4 Å². The zero-order valence-corrected chi connectivity index (χ0v) is 10.6. The molecule has 0 radical (unpaired) electrons. The molecule has 5 heteroatoms. The van der Waals surface area contributed by atoms with E-state index >= 15 is 0 Å². The molecule has 0 amide bonds. The highest BCUT2D eigenvalue weighted by Gasteiger charge is 2.05. The van der Waals surface area contributed by atoms with E-state index < -0.39 is 5.82 Å². The van der Waals surface area contributed by atoms with E-state index in [0.29, 0.717) is 19.0 Å². The molecular weight excluding hydrogens is 247 g/mol. The zero-order chi connectivity index (χ0) is 13.7. The SMILES string of the molecule is CCOc1ncccc1NCc1ccc(O)c(F)c1. The molecule has 0 saturated heterocycles. The number of nitrogens with zero attached hydrogens (tertiary/aromatic N) is 1. The number of hydrogen-bond donors (Lipinski definition) is 2. The highest BCUT2D eigenvalue weighted by molar-refractivity contribution is 5.52. The van der Waals surface area contributed by atoms with Gasteiger partial charge < -0.3 is 15.2 Å². The summed E-state index contributed by atoms with van der Waals surface area (Å²) in [5.41, 5.74) is 1.47. The summed E-state index contributed by atoms with van der Waals surface area (Å²) in [5, 5.41) is 12.2. The summed E-state index contributed by atoms with van der Waals surface area (Å²) >= 11 is 0. The normalized spacial score (nSPS) is 10.2. The Balaban J connectivity index is 2.07. The second kappa shape index (κ2) is 6.04. The van der Waals surface area contributed by atoms with Crippen LogP contribution in [0.5, 0.6) is 11.6 Å². The van der Waals surface area contributed by atoms with E-state index in [9.17, 15) is 4.39 Å². The van der Waals surface area contributed by atoms with Gasteiger partial charge in [-0.3, -0.25) is 0 Å². The van der Waals surface area contributed by atoms with Crippen LogP contribution in [0.1, 0.15) is 12.5 Å². The number of anilines is 1. The monoisotopic (exact) mass is 262 g/mol. The molecule has 0 aliphatic heterocycles. The molecule has 2 N–H and O–H groups in total. The first-order valence-electron chi connectivity index (χ1n) is 5.99. The van der Waals surface area contributed by atoms with Crippen molar-refractivity contribution in [2.75, 3.05) is 11.9 Å². The van der Waals surface area contributed by atoms with Gasteiger partial charge in [-0.15, -0.1) is 0 Å². The molecule has 19 heavy (non-hydrogen) atoms. The smallest absolute Gasteiger partial charge is 0.237 e. The van der Waals surface area contributed by atoms with E-state index in [2.05, 4.69) is 10.3 Å². The van der Waals surface area contributed by atoms with Crippen molar-refractivity contribution in [3.63, 3.8) is 0 Å². The van der Waals surface area contributed by atoms with Gasteiger partial charge in [0.25, 0.3) is 0 Å². The Labute approximate surface area is 110 Å². The molecule has 0 bridgehead atoms. The van der Waals surface area contributed by atoms with Gasteiger partial charge in [-0.05, 0) is 36.8 Å². The van der Waals surface area contributed by atoms with Gasteiger partial charge in [0.1, 0.15) is 0 Å². The third-order valence-electron chi connectivity index (χ3n) is 2.55. The van der Waals surface area contributed by atoms with Crippen molar-refractivity contribution in [3.8, 4) is 11.6 Å². The van der Waals surface area contributed by atoms with Crippen LogP contribution < -0.4 is 10.1 Å². The number of phenolic OH excluding ortho intramolecular Hbond substituents is 1. The molecular formula is C14H15FN2O2. The average Bonchev–Trinajstić information content (AvgIpc) is 2.42. The lowest BCUT2D eigenvalue weighted by Gasteiger charge is -2.11. The molecule has 100 valence electrons. The molecule has 0 saturated carbocycles. The van der Waals surface area contributed by atoms with E-state index in [1.54, 1.807) is 18.3 Å². The summed E-state index contributed by atoms with van der Waals surface area (Å²) in [5.74, 6) is -0.458. The fourth-order valence-corrected chi connectivity index (χ4v) is 1.63. The average molecular weight is 262 g/mol. The van der Waals surface area contributed by atoms with Crippen molar-refractivity contribution in [1.82, 2.24) is 4.98 Å². The van der Waals surface area contributed by atoms with Crippen LogP contribution in [-0.2, 0) is 6.54 Å². The van der Waals surface area contributed by atoms with Crippen molar-refractivity contribution in [1.29, 1.82) is 0 Å². The third kappa shape index (κ3) is 3.34. The number of rotatable bonds is 5. The van der Waals surface area contributed by atoms with Gasteiger partial charge in [0.2, 0.25) is 5.88 Å². The Morgan fingerprint density at radius 2 is 2.21 bits per heavy atom. The Morgan fingerprint density at radius 3 is 2.95 bits per heavy atom. The van der Waals surface area contributed by atoms with Crippen molar-refractivity contribution >= 4 is 5.69 Å². The maximum Gasteiger partial charge on any atom is 0.237 e. The maximum atomic E-state index is 13.2. The Hall–Kier alpha value is -2.30. The second-order valence-electron chi connectivity index (χ2n) is 3.93. The van der Waals surface area contributed by atoms with Gasteiger partial charge in [0, 0.05) is 12.7 Å². The third-order valence-corrected chi connectivity index (χ3v) is 2.55. The number of benzene rings is 1. The minimum Gasteiger partial charge on any atom is -0.505 e.